The minimum Gasteiger partial charge on any atom is -0.325 e. The van der Waals surface area contributed by atoms with Crippen LogP contribution in [0.1, 0.15) is 23.9 Å². The molecule has 7 nitrogen and oxygen atoms in total. The second-order valence-corrected chi connectivity index (χ2v) is 7.90. The highest BCUT2D eigenvalue weighted by atomic mass is 32.2. The number of nitrogens with zero attached hydrogens (tertiary/aromatic N) is 3. The van der Waals surface area contributed by atoms with E-state index in [-0.39, 0.29) is 23.8 Å². The van der Waals surface area contributed by atoms with E-state index in [1.807, 2.05) is 32.0 Å². The summed E-state index contributed by atoms with van der Waals surface area (Å²) in [6, 6.07) is 11.9. The number of para-hydroxylation sites is 2. The van der Waals surface area contributed by atoms with E-state index in [0.717, 1.165) is 23.2 Å². The minimum atomic E-state index is -0.504. The maximum absolute atomic E-state index is 13.7. The third-order valence-corrected chi connectivity index (χ3v) is 5.75. The number of carbonyl (C=O) groups is 2. The van der Waals surface area contributed by atoms with E-state index in [0.29, 0.717) is 11.0 Å². The fourth-order valence-electron chi connectivity index (χ4n) is 3.03. The zero-order chi connectivity index (χ0) is 22.4. The summed E-state index contributed by atoms with van der Waals surface area (Å²) in [6.07, 6.45) is 0.764. The summed E-state index contributed by atoms with van der Waals surface area (Å²) in [6.45, 7) is 4.01. The number of anilines is 2. The van der Waals surface area contributed by atoms with Crippen molar-refractivity contribution in [2.75, 3.05) is 16.4 Å². The standard InChI is InChI=1S/C22H24FN5O2S/c1-4-15-9-7-8-14(2)21(15)25-20(30)13-31-22-27-26-18(28(22)3)12-19(29)24-17-11-6-5-10-16(17)23/h5-11H,4,12-13H2,1-3H3,(H,24,29)(H,25,30). The monoisotopic (exact) mass is 441 g/mol. The Hall–Kier alpha value is -3.20. The van der Waals surface area contributed by atoms with E-state index < -0.39 is 11.7 Å². The number of amides is 2. The number of rotatable bonds is 8. The first-order valence-electron chi connectivity index (χ1n) is 9.82. The van der Waals surface area contributed by atoms with Crippen molar-refractivity contribution < 1.29 is 14.0 Å². The lowest BCUT2D eigenvalue weighted by molar-refractivity contribution is -0.116. The zero-order valence-corrected chi connectivity index (χ0v) is 18.4. The maximum Gasteiger partial charge on any atom is 0.234 e. The Kier molecular flexibility index (Phi) is 7.41. The van der Waals surface area contributed by atoms with Crippen LogP contribution in [0.3, 0.4) is 0 Å². The Labute approximate surface area is 184 Å². The van der Waals surface area contributed by atoms with Gasteiger partial charge in [-0.2, -0.15) is 0 Å². The van der Waals surface area contributed by atoms with E-state index in [1.54, 1.807) is 23.7 Å². The molecule has 2 N–H and O–H groups in total. The molecule has 3 rings (SSSR count). The molecule has 1 aromatic heterocycles. The lowest BCUT2D eigenvalue weighted by atomic mass is 10.1. The lowest BCUT2D eigenvalue weighted by Crippen LogP contribution is -2.18. The van der Waals surface area contributed by atoms with Crippen molar-refractivity contribution >= 4 is 35.0 Å². The molecule has 0 bridgehead atoms. The van der Waals surface area contributed by atoms with Crippen LogP contribution in [0.4, 0.5) is 15.8 Å². The molecule has 0 aliphatic heterocycles. The summed E-state index contributed by atoms with van der Waals surface area (Å²) in [7, 11) is 1.72. The van der Waals surface area contributed by atoms with Crippen molar-refractivity contribution in [1.82, 2.24) is 14.8 Å². The van der Waals surface area contributed by atoms with Gasteiger partial charge >= 0.3 is 0 Å². The van der Waals surface area contributed by atoms with Gasteiger partial charge in [-0.3, -0.25) is 9.59 Å². The van der Waals surface area contributed by atoms with E-state index >= 15 is 0 Å². The molecule has 0 atom stereocenters. The van der Waals surface area contributed by atoms with Crippen molar-refractivity contribution in [2.45, 2.75) is 31.8 Å². The molecule has 0 fully saturated rings. The van der Waals surface area contributed by atoms with Gasteiger partial charge in [0.1, 0.15) is 11.6 Å². The van der Waals surface area contributed by atoms with Crippen molar-refractivity contribution in [3.05, 3.63) is 65.2 Å². The summed E-state index contributed by atoms with van der Waals surface area (Å²) in [5.41, 5.74) is 3.06. The minimum absolute atomic E-state index is 0.0618. The van der Waals surface area contributed by atoms with Crippen LogP contribution in [-0.2, 0) is 29.5 Å². The molecule has 0 saturated carbocycles. The Morgan fingerprint density at radius 1 is 1.06 bits per heavy atom. The van der Waals surface area contributed by atoms with Gasteiger partial charge in [0.05, 0.1) is 17.9 Å². The number of hydrogen-bond donors (Lipinski definition) is 2. The zero-order valence-electron chi connectivity index (χ0n) is 17.6. The van der Waals surface area contributed by atoms with E-state index in [4.69, 9.17) is 0 Å². The molecule has 0 aliphatic carbocycles. The quantitative estimate of drug-likeness (QED) is 0.520. The molecule has 2 aromatic carbocycles. The SMILES string of the molecule is CCc1cccc(C)c1NC(=O)CSc1nnc(CC(=O)Nc2ccccc2F)n1C. The second kappa shape index (κ2) is 10.2. The second-order valence-electron chi connectivity index (χ2n) is 6.96. The molecule has 9 heteroatoms. The van der Waals surface area contributed by atoms with Crippen molar-refractivity contribution in [3.63, 3.8) is 0 Å². The van der Waals surface area contributed by atoms with Crippen molar-refractivity contribution in [2.24, 2.45) is 7.05 Å². The summed E-state index contributed by atoms with van der Waals surface area (Å²) in [5, 5.41) is 14.1. The van der Waals surface area contributed by atoms with Gasteiger partial charge in [-0.25, -0.2) is 4.39 Å². The average Bonchev–Trinajstić information content (AvgIpc) is 3.09. The molecule has 0 aliphatic rings. The van der Waals surface area contributed by atoms with Gasteiger partial charge in [0.25, 0.3) is 0 Å². The van der Waals surface area contributed by atoms with Crippen LogP contribution < -0.4 is 10.6 Å². The van der Waals surface area contributed by atoms with E-state index in [9.17, 15) is 14.0 Å². The number of nitrogens with one attached hydrogen (secondary N) is 2. The Balaban J connectivity index is 1.57. The summed E-state index contributed by atoms with van der Waals surface area (Å²) in [5.74, 6) is -0.470. The van der Waals surface area contributed by atoms with Gasteiger partial charge in [-0.1, -0.05) is 49.0 Å². The predicted molar refractivity (Wildman–Crippen MR) is 120 cm³/mol. The number of aryl methyl sites for hydroxylation is 2. The van der Waals surface area contributed by atoms with Crippen molar-refractivity contribution in [1.29, 1.82) is 0 Å². The third kappa shape index (κ3) is 5.69. The number of aromatic nitrogens is 3. The van der Waals surface area contributed by atoms with Crippen molar-refractivity contribution in [3.8, 4) is 0 Å². The van der Waals surface area contributed by atoms with Crippen LogP contribution in [0.25, 0.3) is 0 Å². The van der Waals surface area contributed by atoms with Crippen LogP contribution in [0.15, 0.2) is 47.6 Å². The number of benzene rings is 2. The van der Waals surface area contributed by atoms with Crippen LogP contribution >= 0.6 is 11.8 Å². The molecule has 0 saturated heterocycles. The summed E-state index contributed by atoms with van der Waals surface area (Å²) in [4.78, 5) is 24.7. The normalized spacial score (nSPS) is 10.7. The highest BCUT2D eigenvalue weighted by Crippen LogP contribution is 2.22. The summed E-state index contributed by atoms with van der Waals surface area (Å²) < 4.78 is 15.3. The largest absolute Gasteiger partial charge is 0.325 e. The van der Waals surface area contributed by atoms with Gasteiger partial charge in [-0.15, -0.1) is 10.2 Å². The smallest absolute Gasteiger partial charge is 0.234 e. The number of hydrogen-bond acceptors (Lipinski definition) is 5. The first-order chi connectivity index (χ1) is 14.9. The van der Waals surface area contributed by atoms with Crippen LogP contribution in [-0.4, -0.2) is 32.3 Å². The van der Waals surface area contributed by atoms with Gasteiger partial charge in [0.15, 0.2) is 5.16 Å². The van der Waals surface area contributed by atoms with Gasteiger partial charge in [-0.05, 0) is 36.6 Å². The lowest BCUT2D eigenvalue weighted by Gasteiger charge is -2.12. The van der Waals surface area contributed by atoms with Gasteiger partial charge < -0.3 is 15.2 Å². The van der Waals surface area contributed by atoms with E-state index in [2.05, 4.69) is 20.8 Å². The molecule has 3 aromatic rings. The number of halogens is 1. The van der Waals surface area contributed by atoms with Crippen LogP contribution in [0.5, 0.6) is 0 Å². The maximum atomic E-state index is 13.7. The highest BCUT2D eigenvalue weighted by Gasteiger charge is 2.16. The number of carbonyl (C=O) groups excluding carboxylic acids is 2. The summed E-state index contributed by atoms with van der Waals surface area (Å²) >= 11 is 1.23. The first-order valence-corrected chi connectivity index (χ1v) is 10.8. The van der Waals surface area contributed by atoms with Crippen LogP contribution in [0, 0.1) is 12.7 Å². The average molecular weight is 442 g/mol. The molecule has 0 unspecified atom stereocenters. The Morgan fingerprint density at radius 2 is 1.84 bits per heavy atom. The Bertz CT molecular complexity index is 1100. The molecule has 162 valence electrons. The molecule has 1 heterocycles. The first kappa shape index (κ1) is 22.5. The van der Waals surface area contributed by atoms with Gasteiger partial charge in [0.2, 0.25) is 11.8 Å². The highest BCUT2D eigenvalue weighted by molar-refractivity contribution is 7.99. The molecule has 31 heavy (non-hydrogen) atoms. The molecular weight excluding hydrogens is 417 g/mol. The molecular formula is C22H24FN5O2S. The molecule has 0 radical (unpaired) electrons. The van der Waals surface area contributed by atoms with Gasteiger partial charge in [0, 0.05) is 12.7 Å². The number of thioether (sulfide) groups is 1. The molecule has 0 spiro atoms. The topological polar surface area (TPSA) is 88.9 Å². The predicted octanol–water partition coefficient (Wildman–Crippen LogP) is 3.74. The Morgan fingerprint density at radius 3 is 2.58 bits per heavy atom. The fourth-order valence-corrected chi connectivity index (χ4v) is 3.76. The van der Waals surface area contributed by atoms with E-state index in [1.165, 1.54) is 23.9 Å². The fraction of sp³-hybridized carbons (Fsp3) is 0.273. The third-order valence-electron chi connectivity index (χ3n) is 4.73. The molecule has 2 amide bonds. The van der Waals surface area contributed by atoms with Crippen LogP contribution in [0.2, 0.25) is 0 Å².